The lowest BCUT2D eigenvalue weighted by Crippen LogP contribution is -2.53. The van der Waals surface area contributed by atoms with Crippen molar-refractivity contribution in [3.63, 3.8) is 0 Å². The summed E-state index contributed by atoms with van der Waals surface area (Å²) in [4.78, 5) is 32.8. The fourth-order valence-corrected chi connectivity index (χ4v) is 4.46. The normalized spacial score (nSPS) is 29.9. The van der Waals surface area contributed by atoms with Gasteiger partial charge in [-0.3, -0.25) is 19.4 Å². The molecule has 0 aliphatic carbocycles. The van der Waals surface area contributed by atoms with Gasteiger partial charge in [-0.2, -0.15) is 0 Å². The number of carbonyl (C=O) groups is 2. The summed E-state index contributed by atoms with van der Waals surface area (Å²) in [6.07, 6.45) is 3.58. The monoisotopic (exact) mass is 336 g/mol. The molecule has 0 bridgehead atoms. The maximum absolute atomic E-state index is 12.5. The Morgan fingerprint density at radius 2 is 1.54 bits per heavy atom. The van der Waals surface area contributed by atoms with Crippen molar-refractivity contribution >= 4 is 11.8 Å². The largest absolute Gasteiger partial charge is 0.342 e. The average molecular weight is 336 g/mol. The number of hydrogen-bond acceptors (Lipinski definition) is 4. The Kier molecular flexibility index (Phi) is 5.76. The number of nitrogens with zero attached hydrogens (tertiary/aromatic N) is 4. The third-order valence-corrected chi connectivity index (χ3v) is 5.94. The number of likely N-dealkylation sites (tertiary alicyclic amines) is 2. The molecule has 0 spiro atoms. The summed E-state index contributed by atoms with van der Waals surface area (Å²) >= 11 is 0. The van der Waals surface area contributed by atoms with E-state index in [4.69, 9.17) is 0 Å². The van der Waals surface area contributed by atoms with Gasteiger partial charge < -0.3 is 9.80 Å². The van der Waals surface area contributed by atoms with Crippen LogP contribution in [0.5, 0.6) is 0 Å². The quantitative estimate of drug-likeness (QED) is 0.752. The molecule has 6 nitrogen and oxygen atoms in total. The predicted octanol–water partition coefficient (Wildman–Crippen LogP) is 0.483. The Hall–Kier alpha value is -1.14. The van der Waals surface area contributed by atoms with Gasteiger partial charge in [-0.25, -0.2) is 0 Å². The molecule has 3 rings (SSSR count). The first-order chi connectivity index (χ1) is 11.5. The summed E-state index contributed by atoms with van der Waals surface area (Å²) < 4.78 is 0. The summed E-state index contributed by atoms with van der Waals surface area (Å²) in [5, 5.41) is 0. The Balaban J connectivity index is 1.48. The number of amides is 2. The minimum absolute atomic E-state index is 0.183. The van der Waals surface area contributed by atoms with Gasteiger partial charge in [-0.15, -0.1) is 0 Å². The SMILES string of the molecule is CC(=O)N1CCN([C@H]2CN(CC(=O)N3CCCCC3)C[C@H]2C)CC1. The number of piperazine rings is 1. The highest BCUT2D eigenvalue weighted by Crippen LogP contribution is 2.23. The fraction of sp³-hybridized carbons (Fsp3) is 0.889. The van der Waals surface area contributed by atoms with Crippen molar-refractivity contribution in [2.45, 2.75) is 39.2 Å². The van der Waals surface area contributed by atoms with E-state index in [9.17, 15) is 9.59 Å². The topological polar surface area (TPSA) is 47.1 Å². The lowest BCUT2D eigenvalue weighted by Gasteiger charge is -2.39. The lowest BCUT2D eigenvalue weighted by atomic mass is 10.0. The van der Waals surface area contributed by atoms with Crippen LogP contribution in [0.25, 0.3) is 0 Å². The van der Waals surface area contributed by atoms with E-state index in [1.807, 2.05) is 9.80 Å². The summed E-state index contributed by atoms with van der Waals surface area (Å²) in [5.74, 6) is 1.08. The van der Waals surface area contributed by atoms with Crippen LogP contribution in [-0.2, 0) is 9.59 Å². The highest BCUT2D eigenvalue weighted by molar-refractivity contribution is 5.78. The van der Waals surface area contributed by atoms with E-state index < -0.39 is 0 Å². The van der Waals surface area contributed by atoms with Gasteiger partial charge in [-0.05, 0) is 25.2 Å². The van der Waals surface area contributed by atoms with Crippen LogP contribution in [0.3, 0.4) is 0 Å². The highest BCUT2D eigenvalue weighted by atomic mass is 16.2. The Bertz CT molecular complexity index is 456. The van der Waals surface area contributed by atoms with E-state index in [0.29, 0.717) is 24.4 Å². The lowest BCUT2D eigenvalue weighted by molar-refractivity contribution is -0.133. The maximum Gasteiger partial charge on any atom is 0.236 e. The maximum atomic E-state index is 12.5. The Morgan fingerprint density at radius 1 is 0.875 bits per heavy atom. The standard InChI is InChI=1S/C18H32N4O2/c1-15-12-19(14-18(24)22-6-4-3-5-7-22)13-17(15)21-10-8-20(9-11-21)16(2)23/h15,17H,3-14H2,1-2H3/t15-,17+/m1/s1. The number of hydrogen-bond donors (Lipinski definition) is 0. The molecule has 0 saturated carbocycles. The summed E-state index contributed by atoms with van der Waals surface area (Å²) in [7, 11) is 0. The van der Waals surface area contributed by atoms with Crippen LogP contribution < -0.4 is 0 Å². The van der Waals surface area contributed by atoms with Crippen molar-refractivity contribution in [2.24, 2.45) is 5.92 Å². The summed E-state index contributed by atoms with van der Waals surface area (Å²) in [5.41, 5.74) is 0. The van der Waals surface area contributed by atoms with Crippen LogP contribution in [0, 0.1) is 5.92 Å². The van der Waals surface area contributed by atoms with Crippen molar-refractivity contribution in [3.05, 3.63) is 0 Å². The first kappa shape index (κ1) is 17.7. The Labute approximate surface area is 145 Å². The van der Waals surface area contributed by atoms with Crippen LogP contribution in [0.4, 0.5) is 0 Å². The first-order valence-electron chi connectivity index (χ1n) is 9.54. The number of rotatable bonds is 3. The minimum Gasteiger partial charge on any atom is -0.342 e. The summed E-state index contributed by atoms with van der Waals surface area (Å²) in [6, 6.07) is 0.522. The molecule has 2 amide bonds. The molecule has 6 heteroatoms. The van der Waals surface area contributed by atoms with Gasteiger partial charge in [0.15, 0.2) is 0 Å². The van der Waals surface area contributed by atoms with Gasteiger partial charge in [0.25, 0.3) is 0 Å². The molecular weight excluding hydrogens is 304 g/mol. The van der Waals surface area contributed by atoms with Crippen LogP contribution in [0.2, 0.25) is 0 Å². The molecule has 0 radical (unpaired) electrons. The highest BCUT2D eigenvalue weighted by Gasteiger charge is 2.36. The van der Waals surface area contributed by atoms with Crippen molar-refractivity contribution in [1.82, 2.24) is 19.6 Å². The molecule has 3 aliphatic rings. The van der Waals surface area contributed by atoms with Crippen molar-refractivity contribution in [2.75, 3.05) is 58.9 Å². The molecule has 0 aromatic carbocycles. The zero-order valence-electron chi connectivity index (χ0n) is 15.2. The predicted molar refractivity (Wildman–Crippen MR) is 93.7 cm³/mol. The molecule has 3 heterocycles. The number of carbonyl (C=O) groups excluding carboxylic acids is 2. The van der Waals surface area contributed by atoms with Crippen molar-refractivity contribution in [3.8, 4) is 0 Å². The van der Waals surface area contributed by atoms with E-state index in [1.165, 1.54) is 6.42 Å². The van der Waals surface area contributed by atoms with Gasteiger partial charge in [0.1, 0.15) is 0 Å². The van der Waals surface area contributed by atoms with E-state index in [1.54, 1.807) is 6.92 Å². The van der Waals surface area contributed by atoms with Gasteiger partial charge in [0.2, 0.25) is 11.8 Å². The van der Waals surface area contributed by atoms with E-state index >= 15 is 0 Å². The van der Waals surface area contributed by atoms with Crippen LogP contribution in [0.1, 0.15) is 33.1 Å². The molecular formula is C18H32N4O2. The van der Waals surface area contributed by atoms with Gasteiger partial charge in [-0.1, -0.05) is 6.92 Å². The van der Waals surface area contributed by atoms with E-state index in [2.05, 4.69) is 16.7 Å². The van der Waals surface area contributed by atoms with Crippen LogP contribution >= 0.6 is 0 Å². The molecule has 0 aromatic rings. The molecule has 2 atom stereocenters. The number of piperidine rings is 1. The van der Waals surface area contributed by atoms with Crippen molar-refractivity contribution in [1.29, 1.82) is 0 Å². The Morgan fingerprint density at radius 3 is 2.17 bits per heavy atom. The van der Waals surface area contributed by atoms with E-state index in [0.717, 1.165) is 65.2 Å². The molecule has 3 aliphatic heterocycles. The molecule has 0 unspecified atom stereocenters. The zero-order valence-corrected chi connectivity index (χ0v) is 15.2. The first-order valence-corrected chi connectivity index (χ1v) is 9.54. The second kappa shape index (κ2) is 7.83. The molecule has 3 saturated heterocycles. The smallest absolute Gasteiger partial charge is 0.236 e. The third-order valence-electron chi connectivity index (χ3n) is 5.94. The second-order valence-corrected chi connectivity index (χ2v) is 7.72. The molecule has 136 valence electrons. The molecule has 0 N–H and O–H groups in total. The van der Waals surface area contributed by atoms with Crippen molar-refractivity contribution < 1.29 is 9.59 Å². The zero-order chi connectivity index (χ0) is 17.1. The van der Waals surface area contributed by atoms with Gasteiger partial charge in [0, 0.05) is 65.3 Å². The van der Waals surface area contributed by atoms with Crippen LogP contribution in [0.15, 0.2) is 0 Å². The fourth-order valence-electron chi connectivity index (χ4n) is 4.46. The average Bonchev–Trinajstić information content (AvgIpc) is 2.96. The third kappa shape index (κ3) is 4.09. The second-order valence-electron chi connectivity index (χ2n) is 7.72. The molecule has 3 fully saturated rings. The minimum atomic E-state index is 0.183. The van der Waals surface area contributed by atoms with Gasteiger partial charge >= 0.3 is 0 Å². The van der Waals surface area contributed by atoms with Gasteiger partial charge in [0.05, 0.1) is 6.54 Å². The van der Waals surface area contributed by atoms with Crippen LogP contribution in [-0.4, -0.2) is 96.4 Å². The summed E-state index contributed by atoms with van der Waals surface area (Å²) in [6.45, 7) is 12.0. The van der Waals surface area contributed by atoms with E-state index in [-0.39, 0.29) is 5.91 Å². The molecule has 24 heavy (non-hydrogen) atoms. The molecule has 0 aromatic heterocycles.